The molecule has 0 saturated heterocycles. The SMILES string of the molecule is CCOC(=O)CCNCCC(C)(C)O. The van der Waals surface area contributed by atoms with E-state index in [4.69, 9.17) is 4.74 Å². The summed E-state index contributed by atoms with van der Waals surface area (Å²) in [6.07, 6.45) is 1.07. The maximum atomic E-state index is 10.9. The van der Waals surface area contributed by atoms with Gasteiger partial charge in [0.1, 0.15) is 0 Å². The Balaban J connectivity index is 3.26. The molecule has 4 nitrogen and oxygen atoms in total. The number of hydrogen-bond donors (Lipinski definition) is 2. The van der Waals surface area contributed by atoms with Crippen LogP contribution in [0.5, 0.6) is 0 Å². The molecule has 0 radical (unpaired) electrons. The maximum Gasteiger partial charge on any atom is 0.307 e. The van der Waals surface area contributed by atoms with Gasteiger partial charge >= 0.3 is 5.97 Å². The van der Waals surface area contributed by atoms with Crippen LogP contribution < -0.4 is 5.32 Å². The number of ether oxygens (including phenoxy) is 1. The third-order valence-electron chi connectivity index (χ3n) is 1.72. The Kier molecular flexibility index (Phi) is 6.49. The molecule has 0 heterocycles. The van der Waals surface area contributed by atoms with Gasteiger partial charge in [-0.1, -0.05) is 0 Å². The Labute approximate surface area is 85.6 Å². The third kappa shape index (κ3) is 9.48. The van der Waals surface area contributed by atoms with E-state index >= 15 is 0 Å². The Bertz CT molecular complexity index is 163. The molecule has 0 atom stereocenters. The molecule has 0 aromatic rings. The van der Waals surface area contributed by atoms with E-state index in [9.17, 15) is 9.90 Å². The monoisotopic (exact) mass is 203 g/mol. The number of carbonyl (C=O) groups excluding carboxylic acids is 1. The Morgan fingerprint density at radius 2 is 2.07 bits per heavy atom. The third-order valence-corrected chi connectivity index (χ3v) is 1.72. The van der Waals surface area contributed by atoms with Gasteiger partial charge in [-0.25, -0.2) is 0 Å². The fourth-order valence-electron chi connectivity index (χ4n) is 0.943. The Hall–Kier alpha value is -0.610. The van der Waals surface area contributed by atoms with Crippen LogP contribution in [-0.4, -0.2) is 36.4 Å². The number of esters is 1. The summed E-state index contributed by atoms with van der Waals surface area (Å²) >= 11 is 0. The Morgan fingerprint density at radius 3 is 2.57 bits per heavy atom. The molecule has 0 amide bonds. The van der Waals surface area contributed by atoms with E-state index in [0.717, 1.165) is 0 Å². The van der Waals surface area contributed by atoms with E-state index in [0.29, 0.717) is 32.5 Å². The molecule has 0 unspecified atom stereocenters. The lowest BCUT2D eigenvalue weighted by Crippen LogP contribution is -2.28. The zero-order valence-electron chi connectivity index (χ0n) is 9.30. The first kappa shape index (κ1) is 13.4. The fourth-order valence-corrected chi connectivity index (χ4v) is 0.943. The van der Waals surface area contributed by atoms with Gasteiger partial charge in [0.05, 0.1) is 18.6 Å². The van der Waals surface area contributed by atoms with Gasteiger partial charge in [0, 0.05) is 6.54 Å². The van der Waals surface area contributed by atoms with Crippen molar-refractivity contribution in [2.75, 3.05) is 19.7 Å². The number of rotatable bonds is 7. The zero-order valence-corrected chi connectivity index (χ0v) is 9.30. The molecule has 0 fully saturated rings. The van der Waals surface area contributed by atoms with Gasteiger partial charge in [0.15, 0.2) is 0 Å². The van der Waals surface area contributed by atoms with E-state index in [1.165, 1.54) is 0 Å². The molecule has 84 valence electrons. The van der Waals surface area contributed by atoms with Crippen molar-refractivity contribution in [2.24, 2.45) is 0 Å². The normalized spacial score (nSPS) is 11.4. The molecule has 0 aromatic carbocycles. The van der Waals surface area contributed by atoms with Crippen LogP contribution in [0.15, 0.2) is 0 Å². The summed E-state index contributed by atoms with van der Waals surface area (Å²) in [7, 11) is 0. The second kappa shape index (κ2) is 6.79. The first-order valence-electron chi connectivity index (χ1n) is 5.04. The lowest BCUT2D eigenvalue weighted by Gasteiger charge is -2.16. The standard InChI is InChI=1S/C10H21NO3/c1-4-14-9(12)5-7-11-8-6-10(2,3)13/h11,13H,4-8H2,1-3H3. The van der Waals surface area contributed by atoms with Crippen LogP contribution in [0, 0.1) is 0 Å². The molecule has 0 saturated carbocycles. The molecule has 0 rings (SSSR count). The predicted molar refractivity (Wildman–Crippen MR) is 55.0 cm³/mol. The second-order valence-corrected chi connectivity index (χ2v) is 3.87. The molecule has 0 aliphatic rings. The average Bonchev–Trinajstić information content (AvgIpc) is 2.02. The van der Waals surface area contributed by atoms with Crippen molar-refractivity contribution in [1.29, 1.82) is 0 Å². The summed E-state index contributed by atoms with van der Waals surface area (Å²) < 4.78 is 4.76. The topological polar surface area (TPSA) is 58.6 Å². The molecule has 0 spiro atoms. The van der Waals surface area contributed by atoms with Crippen molar-refractivity contribution in [2.45, 2.75) is 39.2 Å². The van der Waals surface area contributed by atoms with E-state index < -0.39 is 5.60 Å². The van der Waals surface area contributed by atoms with Gasteiger partial charge in [-0.3, -0.25) is 4.79 Å². The summed E-state index contributed by atoms with van der Waals surface area (Å²) in [5.41, 5.74) is -0.642. The molecular weight excluding hydrogens is 182 g/mol. The molecule has 0 aliphatic carbocycles. The van der Waals surface area contributed by atoms with Crippen molar-refractivity contribution in [1.82, 2.24) is 5.32 Å². The minimum absolute atomic E-state index is 0.178. The molecular formula is C10H21NO3. The average molecular weight is 203 g/mol. The highest BCUT2D eigenvalue weighted by molar-refractivity contribution is 5.69. The number of nitrogens with one attached hydrogen (secondary N) is 1. The van der Waals surface area contributed by atoms with Crippen LogP contribution >= 0.6 is 0 Å². The van der Waals surface area contributed by atoms with Gasteiger partial charge in [-0.2, -0.15) is 0 Å². The van der Waals surface area contributed by atoms with E-state index in [1.807, 2.05) is 0 Å². The highest BCUT2D eigenvalue weighted by atomic mass is 16.5. The minimum atomic E-state index is -0.642. The van der Waals surface area contributed by atoms with Gasteiger partial charge < -0.3 is 15.2 Å². The minimum Gasteiger partial charge on any atom is -0.466 e. The zero-order chi connectivity index (χ0) is 11.0. The first-order valence-corrected chi connectivity index (χ1v) is 5.04. The van der Waals surface area contributed by atoms with Gasteiger partial charge in [0.25, 0.3) is 0 Å². The summed E-state index contributed by atoms with van der Waals surface area (Å²) in [6.45, 7) is 7.07. The Morgan fingerprint density at radius 1 is 1.43 bits per heavy atom. The van der Waals surface area contributed by atoms with E-state index in [2.05, 4.69) is 5.32 Å². The fraction of sp³-hybridized carbons (Fsp3) is 0.900. The molecule has 2 N–H and O–H groups in total. The molecule has 0 aromatic heterocycles. The van der Waals surface area contributed by atoms with Crippen molar-refractivity contribution in [3.63, 3.8) is 0 Å². The summed E-state index contributed by atoms with van der Waals surface area (Å²) in [4.78, 5) is 10.9. The lowest BCUT2D eigenvalue weighted by molar-refractivity contribution is -0.142. The van der Waals surface area contributed by atoms with Crippen molar-refractivity contribution in [3.05, 3.63) is 0 Å². The predicted octanol–water partition coefficient (Wildman–Crippen LogP) is 0.690. The van der Waals surface area contributed by atoms with E-state index in [1.54, 1.807) is 20.8 Å². The van der Waals surface area contributed by atoms with E-state index in [-0.39, 0.29) is 5.97 Å². The van der Waals surface area contributed by atoms with Crippen LogP contribution in [0.3, 0.4) is 0 Å². The van der Waals surface area contributed by atoms with Crippen LogP contribution in [0.25, 0.3) is 0 Å². The maximum absolute atomic E-state index is 10.9. The smallest absolute Gasteiger partial charge is 0.307 e. The van der Waals surface area contributed by atoms with Crippen LogP contribution in [0.2, 0.25) is 0 Å². The lowest BCUT2D eigenvalue weighted by atomic mass is 10.1. The highest BCUT2D eigenvalue weighted by Crippen LogP contribution is 2.04. The van der Waals surface area contributed by atoms with Gasteiger partial charge in [-0.15, -0.1) is 0 Å². The number of hydrogen-bond acceptors (Lipinski definition) is 4. The summed E-state index contributed by atoms with van der Waals surface area (Å²) in [6, 6.07) is 0. The molecule has 14 heavy (non-hydrogen) atoms. The van der Waals surface area contributed by atoms with Crippen LogP contribution in [0.4, 0.5) is 0 Å². The first-order chi connectivity index (χ1) is 6.45. The number of carbonyl (C=O) groups is 1. The quantitative estimate of drug-likeness (QED) is 0.472. The van der Waals surface area contributed by atoms with Crippen LogP contribution in [0.1, 0.15) is 33.6 Å². The molecule has 4 heteroatoms. The van der Waals surface area contributed by atoms with Gasteiger partial charge in [0.2, 0.25) is 0 Å². The summed E-state index contributed by atoms with van der Waals surface area (Å²) in [5.74, 6) is -0.178. The van der Waals surface area contributed by atoms with Crippen molar-refractivity contribution < 1.29 is 14.6 Å². The summed E-state index contributed by atoms with van der Waals surface area (Å²) in [5, 5.41) is 12.4. The molecule has 0 bridgehead atoms. The van der Waals surface area contributed by atoms with Crippen molar-refractivity contribution in [3.8, 4) is 0 Å². The second-order valence-electron chi connectivity index (χ2n) is 3.87. The van der Waals surface area contributed by atoms with Crippen molar-refractivity contribution >= 4 is 5.97 Å². The van der Waals surface area contributed by atoms with Crippen LogP contribution in [-0.2, 0) is 9.53 Å². The highest BCUT2D eigenvalue weighted by Gasteiger charge is 2.11. The number of aliphatic hydroxyl groups is 1. The molecule has 0 aliphatic heterocycles. The largest absolute Gasteiger partial charge is 0.466 e. The van der Waals surface area contributed by atoms with Gasteiger partial charge in [-0.05, 0) is 33.7 Å².